The van der Waals surface area contributed by atoms with Crippen LogP contribution in [0.25, 0.3) is 15.8 Å². The van der Waals surface area contributed by atoms with E-state index >= 15 is 0 Å². The number of hydrogen-bond acceptors (Lipinski definition) is 3. The van der Waals surface area contributed by atoms with Gasteiger partial charge >= 0.3 is 0 Å². The molecule has 1 heterocycles. The maximum atomic E-state index is 14.6. The fraction of sp³-hybridized carbons (Fsp3) is 0.263. The molecule has 0 saturated heterocycles. The Morgan fingerprint density at radius 2 is 2.17 bits per heavy atom. The van der Waals surface area contributed by atoms with E-state index in [0.717, 1.165) is 34.2 Å². The number of thiazole rings is 1. The van der Waals surface area contributed by atoms with Gasteiger partial charge in [0, 0.05) is 5.57 Å². The van der Waals surface area contributed by atoms with Crippen molar-refractivity contribution < 1.29 is 9.18 Å². The van der Waals surface area contributed by atoms with Crippen LogP contribution >= 0.6 is 11.3 Å². The number of hydrogen-bond donors (Lipinski definition) is 1. The molecular formula is C19H21FN2OS. The number of benzene rings is 1. The zero-order chi connectivity index (χ0) is 17.5. The highest BCUT2D eigenvalue weighted by Crippen LogP contribution is 2.35. The molecule has 1 aromatic carbocycles. The number of carbonyl (C=O) groups is 1. The molecule has 1 amide bonds. The third-order valence-corrected chi connectivity index (χ3v) is 4.68. The first-order valence-electron chi connectivity index (χ1n) is 7.91. The summed E-state index contributed by atoms with van der Waals surface area (Å²) in [5.74, 6) is -0.216. The lowest BCUT2D eigenvalue weighted by Crippen LogP contribution is -1.93. The van der Waals surface area contributed by atoms with E-state index in [1.807, 2.05) is 44.2 Å². The topological polar surface area (TPSA) is 42.0 Å². The van der Waals surface area contributed by atoms with Crippen LogP contribution in [0.1, 0.15) is 39.2 Å². The van der Waals surface area contributed by atoms with Gasteiger partial charge in [0.05, 0.1) is 10.2 Å². The summed E-state index contributed by atoms with van der Waals surface area (Å²) in [5.41, 5.74) is 3.33. The van der Waals surface area contributed by atoms with Crippen molar-refractivity contribution in [2.45, 2.75) is 33.6 Å². The van der Waals surface area contributed by atoms with Crippen molar-refractivity contribution in [3.8, 4) is 0 Å². The summed E-state index contributed by atoms with van der Waals surface area (Å²) >= 11 is 1.38. The molecule has 126 valence electrons. The van der Waals surface area contributed by atoms with Gasteiger partial charge in [-0.1, -0.05) is 48.1 Å². The Labute approximate surface area is 145 Å². The van der Waals surface area contributed by atoms with E-state index in [1.54, 1.807) is 6.92 Å². The van der Waals surface area contributed by atoms with Crippen LogP contribution in [0, 0.1) is 0 Å². The van der Waals surface area contributed by atoms with Crippen LogP contribution in [0.2, 0.25) is 0 Å². The van der Waals surface area contributed by atoms with Crippen LogP contribution in [0.4, 0.5) is 9.52 Å². The molecule has 0 fully saturated rings. The predicted octanol–water partition coefficient (Wildman–Crippen LogP) is 5.87. The minimum absolute atomic E-state index is 0.216. The summed E-state index contributed by atoms with van der Waals surface area (Å²) in [7, 11) is 0. The van der Waals surface area contributed by atoms with Gasteiger partial charge in [-0.25, -0.2) is 9.37 Å². The number of aromatic nitrogens is 1. The van der Waals surface area contributed by atoms with Gasteiger partial charge in [-0.15, -0.1) is 0 Å². The molecular weight excluding hydrogens is 323 g/mol. The third kappa shape index (κ3) is 3.97. The van der Waals surface area contributed by atoms with Gasteiger partial charge in [-0.3, -0.25) is 4.79 Å². The number of carbonyl (C=O) groups excluding carboxylic acids is 1. The molecule has 3 nitrogen and oxygen atoms in total. The molecule has 0 aliphatic heterocycles. The standard InChI is InChI=1S/C19H21FN2OS/c1-4-7-8-13(5-2)18(15(20)6-3)14-9-10-16-17(11-14)24-19(22-16)21-12-23/h4,6-7,9-12H,5,8H2,1-3H3,(H,21,22,23)/b7-4?,15-6+,18-13-. The fourth-order valence-electron chi connectivity index (χ4n) is 2.53. The third-order valence-electron chi connectivity index (χ3n) is 3.73. The molecule has 24 heavy (non-hydrogen) atoms. The van der Waals surface area contributed by atoms with Crippen LogP contribution in [0.5, 0.6) is 0 Å². The zero-order valence-electron chi connectivity index (χ0n) is 14.1. The van der Waals surface area contributed by atoms with E-state index in [0.29, 0.717) is 17.1 Å². The number of nitrogens with one attached hydrogen (secondary N) is 1. The van der Waals surface area contributed by atoms with Gasteiger partial charge < -0.3 is 5.32 Å². The molecule has 0 unspecified atom stereocenters. The molecule has 2 rings (SSSR count). The summed E-state index contributed by atoms with van der Waals surface area (Å²) in [6.45, 7) is 5.71. The second kappa shape index (κ2) is 8.55. The molecule has 2 aromatic rings. The maximum absolute atomic E-state index is 14.6. The SMILES string of the molecule is CC=CC/C(CC)=C(\C(F)=C/C)c1ccc2nc(NC=O)sc2c1. The summed E-state index contributed by atoms with van der Waals surface area (Å²) in [6, 6.07) is 5.69. The number of rotatable bonds is 7. The quantitative estimate of drug-likeness (QED) is 0.388. The smallest absolute Gasteiger partial charge is 0.213 e. The van der Waals surface area contributed by atoms with Gasteiger partial charge in [0.25, 0.3) is 0 Å². The van der Waals surface area contributed by atoms with E-state index in [4.69, 9.17) is 0 Å². The highest BCUT2D eigenvalue weighted by molar-refractivity contribution is 7.22. The van der Waals surface area contributed by atoms with Crippen molar-refractivity contribution >= 4 is 38.7 Å². The predicted molar refractivity (Wildman–Crippen MR) is 101 cm³/mol. The molecule has 1 aromatic heterocycles. The number of fused-ring (bicyclic) bond motifs is 1. The zero-order valence-corrected chi connectivity index (χ0v) is 14.9. The van der Waals surface area contributed by atoms with Crippen molar-refractivity contribution in [2.24, 2.45) is 0 Å². The molecule has 0 spiro atoms. The van der Waals surface area contributed by atoms with Gasteiger partial charge in [0.15, 0.2) is 5.13 Å². The monoisotopic (exact) mass is 344 g/mol. The summed E-state index contributed by atoms with van der Waals surface area (Å²) in [6.07, 6.45) is 7.62. The molecule has 0 aliphatic rings. The van der Waals surface area contributed by atoms with Crippen LogP contribution < -0.4 is 5.32 Å². The number of halogens is 1. The van der Waals surface area contributed by atoms with E-state index in [9.17, 15) is 9.18 Å². The van der Waals surface area contributed by atoms with Crippen molar-refractivity contribution in [3.05, 3.63) is 53.4 Å². The first-order valence-corrected chi connectivity index (χ1v) is 8.72. The molecule has 0 bridgehead atoms. The Bertz CT molecular complexity index is 818. The van der Waals surface area contributed by atoms with Gasteiger partial charge in [0.1, 0.15) is 5.83 Å². The maximum Gasteiger partial charge on any atom is 0.213 e. The number of allylic oxidation sites excluding steroid dienone is 6. The minimum Gasteiger partial charge on any atom is -0.305 e. The number of anilines is 1. The average Bonchev–Trinajstić information content (AvgIpc) is 2.99. The van der Waals surface area contributed by atoms with Crippen molar-refractivity contribution in [1.29, 1.82) is 0 Å². The Morgan fingerprint density at radius 3 is 2.79 bits per heavy atom. The summed E-state index contributed by atoms with van der Waals surface area (Å²) in [4.78, 5) is 14.9. The summed E-state index contributed by atoms with van der Waals surface area (Å²) in [5, 5.41) is 3.10. The molecule has 0 atom stereocenters. The first-order chi connectivity index (χ1) is 11.6. The van der Waals surface area contributed by atoms with Crippen molar-refractivity contribution in [2.75, 3.05) is 5.32 Å². The van der Waals surface area contributed by atoms with Crippen molar-refractivity contribution in [1.82, 2.24) is 4.98 Å². The molecule has 0 aliphatic carbocycles. The van der Waals surface area contributed by atoms with E-state index < -0.39 is 0 Å². The van der Waals surface area contributed by atoms with Crippen molar-refractivity contribution in [3.63, 3.8) is 0 Å². The average molecular weight is 344 g/mol. The minimum atomic E-state index is -0.216. The van der Waals surface area contributed by atoms with E-state index in [2.05, 4.69) is 10.3 Å². The Kier molecular flexibility index (Phi) is 6.44. The lowest BCUT2D eigenvalue weighted by atomic mass is 9.94. The second-order valence-electron chi connectivity index (χ2n) is 5.21. The molecule has 5 heteroatoms. The normalized spacial score (nSPS) is 13.4. The Balaban J connectivity index is 2.58. The van der Waals surface area contributed by atoms with E-state index in [1.165, 1.54) is 17.4 Å². The lowest BCUT2D eigenvalue weighted by molar-refractivity contribution is -0.105. The van der Waals surface area contributed by atoms with Gasteiger partial charge in [0.2, 0.25) is 6.41 Å². The van der Waals surface area contributed by atoms with Gasteiger partial charge in [-0.05, 0) is 44.4 Å². The van der Waals surface area contributed by atoms with Gasteiger partial charge in [-0.2, -0.15) is 0 Å². The summed E-state index contributed by atoms with van der Waals surface area (Å²) < 4.78 is 15.5. The first kappa shape index (κ1) is 18.1. The highest BCUT2D eigenvalue weighted by atomic mass is 32.1. The van der Waals surface area contributed by atoms with Crippen LogP contribution in [-0.4, -0.2) is 11.4 Å². The molecule has 0 saturated carbocycles. The van der Waals surface area contributed by atoms with Crippen LogP contribution in [-0.2, 0) is 4.79 Å². The van der Waals surface area contributed by atoms with Crippen LogP contribution in [0.3, 0.4) is 0 Å². The van der Waals surface area contributed by atoms with E-state index in [-0.39, 0.29) is 5.83 Å². The van der Waals surface area contributed by atoms with Crippen LogP contribution in [0.15, 0.2) is 47.8 Å². The largest absolute Gasteiger partial charge is 0.305 e. The molecule has 0 radical (unpaired) electrons. The highest BCUT2D eigenvalue weighted by Gasteiger charge is 2.14. The number of amides is 1. The fourth-order valence-corrected chi connectivity index (χ4v) is 3.39. The number of nitrogens with zero attached hydrogens (tertiary/aromatic N) is 1. The lowest BCUT2D eigenvalue weighted by Gasteiger charge is -2.12. The molecule has 1 N–H and O–H groups in total. The Hall–Kier alpha value is -2.27. The Morgan fingerprint density at radius 1 is 1.38 bits per heavy atom. The second-order valence-corrected chi connectivity index (χ2v) is 6.24.